The molecule has 2 aliphatic heterocycles. The Balaban J connectivity index is 1.43. The van der Waals surface area contributed by atoms with Crippen LogP contribution in [-0.2, 0) is 25.8 Å². The molecule has 0 bridgehead atoms. The summed E-state index contributed by atoms with van der Waals surface area (Å²) in [6, 6.07) is 5.36. The maximum Gasteiger partial charge on any atom is 0.416 e. The van der Waals surface area contributed by atoms with E-state index in [9.17, 15) is 23.1 Å². The number of anilines is 1. The number of piperazine rings is 1. The van der Waals surface area contributed by atoms with Crippen LogP contribution in [0.2, 0.25) is 0 Å². The maximum atomic E-state index is 12.9. The van der Waals surface area contributed by atoms with E-state index in [1.54, 1.807) is 10.6 Å². The van der Waals surface area contributed by atoms with E-state index in [0.29, 0.717) is 57.2 Å². The number of halogens is 3. The Morgan fingerprint density at radius 1 is 1.04 bits per heavy atom. The van der Waals surface area contributed by atoms with Gasteiger partial charge in [-0.05, 0) is 37.5 Å². The van der Waals surface area contributed by atoms with Crippen LogP contribution in [0.3, 0.4) is 0 Å². The molecule has 28 heavy (non-hydrogen) atoms. The summed E-state index contributed by atoms with van der Waals surface area (Å²) in [6.07, 6.45) is -1.75. The number of hydrogen-bond acceptors (Lipinski definition) is 4. The Morgan fingerprint density at radius 3 is 2.46 bits per heavy atom. The second-order valence-electron chi connectivity index (χ2n) is 7.38. The molecule has 9 heteroatoms. The number of benzene rings is 1. The van der Waals surface area contributed by atoms with E-state index in [4.69, 9.17) is 0 Å². The molecule has 0 spiro atoms. The van der Waals surface area contributed by atoms with Crippen molar-refractivity contribution in [3.05, 3.63) is 46.0 Å². The van der Waals surface area contributed by atoms with Crippen molar-refractivity contribution in [1.29, 1.82) is 0 Å². The molecule has 0 aliphatic carbocycles. The van der Waals surface area contributed by atoms with Crippen LogP contribution >= 0.6 is 0 Å². The lowest BCUT2D eigenvalue weighted by atomic mass is 10.1. The number of hydrogen-bond donors (Lipinski definition) is 1. The van der Waals surface area contributed by atoms with Gasteiger partial charge < -0.3 is 10.0 Å². The molecule has 0 saturated carbocycles. The minimum Gasteiger partial charge on any atom is -0.493 e. The molecule has 0 amide bonds. The smallest absolute Gasteiger partial charge is 0.416 e. The monoisotopic (exact) mass is 396 g/mol. The van der Waals surface area contributed by atoms with E-state index in [-0.39, 0.29) is 11.6 Å². The van der Waals surface area contributed by atoms with Gasteiger partial charge in [-0.2, -0.15) is 13.2 Å². The molecule has 4 rings (SSSR count). The SMILES string of the molecule is O=c1n(CN2CCN(c3cccc(C(F)(F)F)c3)CC2)c(O)c2n1CCCC2. The lowest BCUT2D eigenvalue weighted by Gasteiger charge is -2.36. The fraction of sp³-hybridized carbons (Fsp3) is 0.526. The van der Waals surface area contributed by atoms with Gasteiger partial charge in [-0.25, -0.2) is 9.36 Å². The van der Waals surface area contributed by atoms with Crippen LogP contribution < -0.4 is 10.6 Å². The van der Waals surface area contributed by atoms with Gasteiger partial charge >= 0.3 is 11.9 Å². The molecular weight excluding hydrogens is 373 g/mol. The first-order valence-corrected chi connectivity index (χ1v) is 9.50. The molecular formula is C19H23F3N4O2. The number of rotatable bonds is 3. The zero-order valence-corrected chi connectivity index (χ0v) is 15.5. The molecule has 2 aromatic rings. The normalized spacial score (nSPS) is 18.3. The van der Waals surface area contributed by atoms with Crippen LogP contribution in [0.4, 0.5) is 18.9 Å². The Morgan fingerprint density at radius 2 is 1.79 bits per heavy atom. The van der Waals surface area contributed by atoms with Crippen molar-refractivity contribution in [1.82, 2.24) is 14.0 Å². The van der Waals surface area contributed by atoms with Crippen LogP contribution in [0.25, 0.3) is 0 Å². The lowest BCUT2D eigenvalue weighted by molar-refractivity contribution is -0.137. The van der Waals surface area contributed by atoms with Gasteiger partial charge in [0, 0.05) is 38.4 Å². The number of alkyl halides is 3. The first-order chi connectivity index (χ1) is 13.3. The first kappa shape index (κ1) is 18.9. The summed E-state index contributed by atoms with van der Waals surface area (Å²) in [6.45, 7) is 3.25. The molecule has 1 fully saturated rings. The highest BCUT2D eigenvalue weighted by atomic mass is 19.4. The molecule has 1 aromatic heterocycles. The average molecular weight is 396 g/mol. The van der Waals surface area contributed by atoms with Crippen LogP contribution in [0, 0.1) is 0 Å². The number of fused-ring (bicyclic) bond motifs is 1. The third-order valence-corrected chi connectivity index (χ3v) is 5.60. The zero-order chi connectivity index (χ0) is 19.9. The topological polar surface area (TPSA) is 53.6 Å². The van der Waals surface area contributed by atoms with E-state index in [1.165, 1.54) is 16.7 Å². The summed E-state index contributed by atoms with van der Waals surface area (Å²) in [4.78, 5) is 16.5. The highest BCUT2D eigenvalue weighted by Gasteiger charge is 2.31. The summed E-state index contributed by atoms with van der Waals surface area (Å²) < 4.78 is 41.8. The van der Waals surface area contributed by atoms with Crippen molar-refractivity contribution in [2.75, 3.05) is 31.1 Å². The molecule has 0 atom stereocenters. The predicted octanol–water partition coefficient (Wildman–Crippen LogP) is 2.49. The molecule has 152 valence electrons. The number of nitrogens with zero attached hydrogens (tertiary/aromatic N) is 4. The highest BCUT2D eigenvalue weighted by Crippen LogP contribution is 2.32. The van der Waals surface area contributed by atoms with Crippen molar-refractivity contribution in [2.24, 2.45) is 0 Å². The van der Waals surface area contributed by atoms with Crippen LogP contribution in [0.1, 0.15) is 24.1 Å². The third-order valence-electron chi connectivity index (χ3n) is 5.60. The van der Waals surface area contributed by atoms with E-state index in [1.807, 2.05) is 9.80 Å². The van der Waals surface area contributed by atoms with Crippen molar-refractivity contribution in [3.8, 4) is 5.88 Å². The predicted molar refractivity (Wildman–Crippen MR) is 98.5 cm³/mol. The second kappa shape index (κ2) is 7.20. The largest absolute Gasteiger partial charge is 0.493 e. The molecule has 1 aromatic carbocycles. The van der Waals surface area contributed by atoms with Crippen molar-refractivity contribution >= 4 is 5.69 Å². The molecule has 2 aliphatic rings. The zero-order valence-electron chi connectivity index (χ0n) is 15.5. The molecule has 1 saturated heterocycles. The third kappa shape index (κ3) is 3.50. The minimum absolute atomic E-state index is 0.0463. The fourth-order valence-electron chi connectivity index (χ4n) is 4.02. The quantitative estimate of drug-likeness (QED) is 0.866. The van der Waals surface area contributed by atoms with E-state index < -0.39 is 11.7 Å². The van der Waals surface area contributed by atoms with E-state index in [0.717, 1.165) is 18.9 Å². The molecule has 3 heterocycles. The Labute approximate surface area is 160 Å². The summed E-state index contributed by atoms with van der Waals surface area (Å²) in [5.74, 6) is 0.0463. The van der Waals surface area contributed by atoms with Crippen LogP contribution in [0.5, 0.6) is 5.88 Å². The van der Waals surface area contributed by atoms with E-state index in [2.05, 4.69) is 0 Å². The molecule has 6 nitrogen and oxygen atoms in total. The lowest BCUT2D eigenvalue weighted by Crippen LogP contribution is -2.47. The van der Waals surface area contributed by atoms with Gasteiger partial charge in [-0.15, -0.1) is 0 Å². The molecule has 1 N–H and O–H groups in total. The Kier molecular flexibility index (Phi) is 4.86. The minimum atomic E-state index is -4.36. The van der Waals surface area contributed by atoms with Gasteiger partial charge in [0.1, 0.15) is 0 Å². The van der Waals surface area contributed by atoms with Gasteiger partial charge in [0.15, 0.2) is 0 Å². The average Bonchev–Trinajstić information content (AvgIpc) is 2.93. The van der Waals surface area contributed by atoms with Gasteiger partial charge in [0.2, 0.25) is 5.88 Å². The number of aromatic hydroxyl groups is 1. The van der Waals surface area contributed by atoms with Gasteiger partial charge in [0.25, 0.3) is 0 Å². The van der Waals surface area contributed by atoms with Crippen LogP contribution in [-0.4, -0.2) is 45.3 Å². The van der Waals surface area contributed by atoms with Gasteiger partial charge in [-0.3, -0.25) is 9.47 Å². The fourth-order valence-corrected chi connectivity index (χ4v) is 4.02. The highest BCUT2D eigenvalue weighted by molar-refractivity contribution is 5.49. The molecule has 0 radical (unpaired) electrons. The summed E-state index contributed by atoms with van der Waals surface area (Å²) >= 11 is 0. The van der Waals surface area contributed by atoms with E-state index >= 15 is 0 Å². The Bertz CT molecular complexity index is 911. The van der Waals surface area contributed by atoms with Crippen molar-refractivity contribution < 1.29 is 18.3 Å². The van der Waals surface area contributed by atoms with Crippen LogP contribution in [0.15, 0.2) is 29.1 Å². The summed E-state index contributed by atoms with van der Waals surface area (Å²) in [7, 11) is 0. The van der Waals surface area contributed by atoms with Gasteiger partial charge in [0.05, 0.1) is 17.9 Å². The summed E-state index contributed by atoms with van der Waals surface area (Å²) in [5, 5.41) is 10.4. The standard InChI is InChI=1S/C19H23F3N4O2/c20-19(21,22)14-4-3-5-15(12-14)24-10-8-23(9-11-24)13-26-17(27)16-6-1-2-7-25(16)18(26)28/h3-5,12,27H,1-2,6-11,13H2. The second-order valence-corrected chi connectivity index (χ2v) is 7.38. The maximum absolute atomic E-state index is 12.9. The van der Waals surface area contributed by atoms with Crippen molar-refractivity contribution in [3.63, 3.8) is 0 Å². The number of imidazole rings is 1. The van der Waals surface area contributed by atoms with Gasteiger partial charge in [-0.1, -0.05) is 6.07 Å². The summed E-state index contributed by atoms with van der Waals surface area (Å²) in [5.41, 5.74) is 0.420. The first-order valence-electron chi connectivity index (χ1n) is 9.50. The Hall–Kier alpha value is -2.42. The van der Waals surface area contributed by atoms with Crippen molar-refractivity contribution in [2.45, 2.75) is 38.7 Å². The molecule has 0 unspecified atom stereocenters. The number of aromatic nitrogens is 2.